The Hall–Kier alpha value is -1.12. The summed E-state index contributed by atoms with van der Waals surface area (Å²) in [5.74, 6) is -0.00499. The highest BCUT2D eigenvalue weighted by Crippen LogP contribution is 2.25. The average Bonchev–Trinajstić information content (AvgIpc) is 2.94. The number of anilines is 1. The van der Waals surface area contributed by atoms with Crippen LogP contribution in [0.25, 0.3) is 0 Å². The van der Waals surface area contributed by atoms with E-state index in [1.165, 1.54) is 10.9 Å². The highest BCUT2D eigenvalue weighted by molar-refractivity contribution is 7.89. The molecule has 0 radical (unpaired) electrons. The second-order valence-corrected chi connectivity index (χ2v) is 6.99. The molecule has 1 aromatic rings. The summed E-state index contributed by atoms with van der Waals surface area (Å²) in [7, 11) is -3.67. The number of hydrogen-bond donors (Lipinski definition) is 3. The van der Waals surface area contributed by atoms with Crippen LogP contribution in [-0.2, 0) is 16.6 Å². The van der Waals surface area contributed by atoms with Crippen molar-refractivity contribution in [2.24, 2.45) is 5.92 Å². The fourth-order valence-electron chi connectivity index (χ4n) is 2.52. The number of nitrogens with one attached hydrogen (secondary N) is 1. The Labute approximate surface area is 119 Å². The molecule has 0 aromatic carbocycles. The molecule has 2 rings (SSSR count). The third-order valence-corrected chi connectivity index (χ3v) is 5.09. The Morgan fingerprint density at radius 3 is 2.90 bits per heavy atom. The van der Waals surface area contributed by atoms with Crippen LogP contribution in [0.3, 0.4) is 0 Å². The predicted octanol–water partition coefficient (Wildman–Crippen LogP) is 0.315. The number of sulfonamides is 1. The molecule has 2 atom stereocenters. The first-order chi connectivity index (χ1) is 9.44. The van der Waals surface area contributed by atoms with Gasteiger partial charge in [-0.05, 0) is 25.2 Å². The number of nitrogen functional groups attached to an aromatic ring is 1. The quantitative estimate of drug-likeness (QED) is 0.700. The molecule has 1 saturated carbocycles. The largest absolute Gasteiger partial charge is 0.393 e. The van der Waals surface area contributed by atoms with Crippen molar-refractivity contribution < 1.29 is 13.5 Å². The van der Waals surface area contributed by atoms with Crippen molar-refractivity contribution in [2.45, 2.75) is 50.2 Å². The van der Waals surface area contributed by atoms with Gasteiger partial charge in [0, 0.05) is 19.3 Å². The zero-order valence-corrected chi connectivity index (χ0v) is 12.4. The zero-order valence-electron chi connectivity index (χ0n) is 11.6. The van der Waals surface area contributed by atoms with Crippen molar-refractivity contribution in [2.75, 3.05) is 12.3 Å². The van der Waals surface area contributed by atoms with E-state index in [2.05, 4.69) is 9.82 Å². The van der Waals surface area contributed by atoms with Crippen molar-refractivity contribution in [3.8, 4) is 0 Å². The van der Waals surface area contributed by atoms with Gasteiger partial charge in [0.25, 0.3) is 0 Å². The first-order valence-electron chi connectivity index (χ1n) is 6.94. The Morgan fingerprint density at radius 2 is 2.30 bits per heavy atom. The second-order valence-electron chi connectivity index (χ2n) is 5.25. The molecule has 1 aromatic heterocycles. The van der Waals surface area contributed by atoms with Crippen LogP contribution in [0, 0.1) is 5.92 Å². The van der Waals surface area contributed by atoms with Gasteiger partial charge in [-0.2, -0.15) is 5.10 Å². The summed E-state index contributed by atoms with van der Waals surface area (Å²) in [6, 6.07) is 0. The van der Waals surface area contributed by atoms with Crippen molar-refractivity contribution in [3.63, 3.8) is 0 Å². The summed E-state index contributed by atoms with van der Waals surface area (Å²) in [6.45, 7) is 2.84. The molecule has 1 heterocycles. The van der Waals surface area contributed by atoms with Crippen LogP contribution in [0.2, 0.25) is 0 Å². The predicted molar refractivity (Wildman–Crippen MR) is 75.5 cm³/mol. The molecular formula is C12H22N4O3S. The number of aromatic nitrogens is 2. The molecule has 0 bridgehead atoms. The summed E-state index contributed by atoms with van der Waals surface area (Å²) in [5, 5.41) is 13.7. The third-order valence-electron chi connectivity index (χ3n) is 3.65. The minimum atomic E-state index is -3.67. The van der Waals surface area contributed by atoms with E-state index in [0.717, 1.165) is 25.7 Å². The molecular weight excluding hydrogens is 280 g/mol. The van der Waals surface area contributed by atoms with Crippen LogP contribution < -0.4 is 10.5 Å². The molecule has 0 amide bonds. The minimum absolute atomic E-state index is 0.0120. The molecule has 8 heteroatoms. The first-order valence-corrected chi connectivity index (χ1v) is 8.43. The maximum Gasteiger partial charge on any atom is 0.245 e. The van der Waals surface area contributed by atoms with Crippen LogP contribution in [0.5, 0.6) is 0 Å². The minimum Gasteiger partial charge on any atom is -0.393 e. The van der Waals surface area contributed by atoms with Crippen LogP contribution >= 0.6 is 0 Å². The lowest BCUT2D eigenvalue weighted by Crippen LogP contribution is -2.32. The van der Waals surface area contributed by atoms with Crippen LogP contribution in [0.15, 0.2) is 11.1 Å². The smallest absolute Gasteiger partial charge is 0.245 e. The van der Waals surface area contributed by atoms with E-state index in [9.17, 15) is 13.5 Å². The van der Waals surface area contributed by atoms with Gasteiger partial charge >= 0.3 is 0 Å². The molecule has 1 aliphatic carbocycles. The summed E-state index contributed by atoms with van der Waals surface area (Å²) < 4.78 is 28.5. The normalized spacial score (nSPS) is 23.3. The van der Waals surface area contributed by atoms with Gasteiger partial charge in [0.2, 0.25) is 10.0 Å². The third kappa shape index (κ3) is 3.31. The molecule has 1 aliphatic rings. The number of aryl methyl sites for hydroxylation is 1. The molecule has 0 aliphatic heterocycles. The fraction of sp³-hybridized carbons (Fsp3) is 0.750. The molecule has 0 saturated heterocycles. The zero-order chi connectivity index (χ0) is 14.8. The average molecular weight is 302 g/mol. The molecule has 0 spiro atoms. The number of aliphatic hydroxyl groups is 1. The van der Waals surface area contributed by atoms with E-state index < -0.39 is 16.1 Å². The lowest BCUT2D eigenvalue weighted by molar-refractivity contribution is 0.134. The van der Waals surface area contributed by atoms with Crippen molar-refractivity contribution in [1.29, 1.82) is 0 Å². The van der Waals surface area contributed by atoms with Gasteiger partial charge in [0.05, 0.1) is 6.10 Å². The van der Waals surface area contributed by atoms with Gasteiger partial charge in [-0.1, -0.05) is 13.3 Å². The molecule has 7 nitrogen and oxygen atoms in total. The van der Waals surface area contributed by atoms with Gasteiger partial charge in [0.1, 0.15) is 4.90 Å². The second kappa shape index (κ2) is 6.11. The lowest BCUT2D eigenvalue weighted by atomic mass is 10.1. The number of aliphatic hydroxyl groups excluding tert-OH is 1. The number of nitrogens with two attached hydrogens (primary N) is 1. The van der Waals surface area contributed by atoms with E-state index in [1.54, 1.807) is 0 Å². The number of nitrogens with zero attached hydrogens (tertiary/aromatic N) is 2. The van der Waals surface area contributed by atoms with E-state index in [4.69, 9.17) is 5.73 Å². The monoisotopic (exact) mass is 302 g/mol. The SMILES string of the molecule is CCCn1cc(S(=O)(=O)NCC2CCCC2O)c(N)n1. The number of hydrogen-bond acceptors (Lipinski definition) is 5. The number of rotatable bonds is 6. The molecule has 4 N–H and O–H groups in total. The summed E-state index contributed by atoms with van der Waals surface area (Å²) >= 11 is 0. The van der Waals surface area contributed by atoms with E-state index in [-0.39, 0.29) is 23.2 Å². The Morgan fingerprint density at radius 1 is 1.55 bits per heavy atom. The highest BCUT2D eigenvalue weighted by Gasteiger charge is 2.28. The highest BCUT2D eigenvalue weighted by atomic mass is 32.2. The topological polar surface area (TPSA) is 110 Å². The Balaban J connectivity index is 2.06. The fourth-order valence-corrected chi connectivity index (χ4v) is 3.68. The van der Waals surface area contributed by atoms with Crippen molar-refractivity contribution >= 4 is 15.8 Å². The maximum absolute atomic E-state index is 12.2. The Kier molecular flexibility index (Phi) is 4.66. The van der Waals surface area contributed by atoms with Crippen LogP contribution in [0.1, 0.15) is 32.6 Å². The van der Waals surface area contributed by atoms with Crippen molar-refractivity contribution in [1.82, 2.24) is 14.5 Å². The van der Waals surface area contributed by atoms with E-state index >= 15 is 0 Å². The Bertz CT molecular complexity index is 555. The summed E-state index contributed by atoms with van der Waals surface area (Å²) in [4.78, 5) is 0.0124. The van der Waals surface area contributed by atoms with Crippen LogP contribution in [-0.4, -0.2) is 36.0 Å². The van der Waals surface area contributed by atoms with Gasteiger partial charge in [-0.15, -0.1) is 0 Å². The molecule has 2 unspecified atom stereocenters. The van der Waals surface area contributed by atoms with Crippen molar-refractivity contribution in [3.05, 3.63) is 6.20 Å². The van der Waals surface area contributed by atoms with Gasteiger partial charge in [0.15, 0.2) is 5.82 Å². The summed E-state index contributed by atoms with van der Waals surface area (Å²) in [6.07, 6.45) is 4.40. The van der Waals surface area contributed by atoms with Gasteiger partial charge in [-0.3, -0.25) is 4.68 Å². The molecule has 114 valence electrons. The molecule has 1 fully saturated rings. The standard InChI is InChI=1S/C12H22N4O3S/c1-2-6-16-8-11(12(13)15-16)20(18,19)14-7-9-4-3-5-10(9)17/h8-10,14,17H,2-7H2,1H3,(H2,13,15). The first kappa shape index (κ1) is 15.3. The van der Waals surface area contributed by atoms with Gasteiger partial charge < -0.3 is 10.8 Å². The van der Waals surface area contributed by atoms with Gasteiger partial charge in [-0.25, -0.2) is 13.1 Å². The maximum atomic E-state index is 12.2. The van der Waals surface area contributed by atoms with E-state index in [0.29, 0.717) is 6.54 Å². The molecule has 20 heavy (non-hydrogen) atoms. The van der Waals surface area contributed by atoms with E-state index in [1.807, 2.05) is 6.92 Å². The summed E-state index contributed by atoms with van der Waals surface area (Å²) in [5.41, 5.74) is 5.67. The van der Waals surface area contributed by atoms with Crippen LogP contribution in [0.4, 0.5) is 5.82 Å². The lowest BCUT2D eigenvalue weighted by Gasteiger charge is -2.14.